The van der Waals surface area contributed by atoms with Crippen LogP contribution in [0.5, 0.6) is 5.75 Å². The molecule has 0 saturated heterocycles. The van der Waals surface area contributed by atoms with Crippen LogP contribution in [0, 0.1) is 13.8 Å². The van der Waals surface area contributed by atoms with Gasteiger partial charge in [-0.1, -0.05) is 13.0 Å². The minimum absolute atomic E-state index is 0.256. The molecule has 0 aliphatic carbocycles. The monoisotopic (exact) mass is 289 g/mol. The van der Waals surface area contributed by atoms with Gasteiger partial charge in [0.25, 0.3) is 0 Å². The summed E-state index contributed by atoms with van der Waals surface area (Å²) in [5.74, 6) is 0.933. The van der Waals surface area contributed by atoms with Gasteiger partial charge in [0.15, 0.2) is 0 Å². The predicted molar refractivity (Wildman–Crippen MR) is 87.9 cm³/mol. The molecule has 2 nitrogen and oxygen atoms in total. The molecule has 1 unspecified atom stereocenters. The number of thiophene rings is 1. The summed E-state index contributed by atoms with van der Waals surface area (Å²) in [6.45, 7) is 9.42. The van der Waals surface area contributed by atoms with Crippen LogP contribution in [-0.4, -0.2) is 6.10 Å². The molecule has 0 radical (unpaired) electrons. The maximum atomic E-state index is 5.85. The lowest BCUT2D eigenvalue weighted by molar-refractivity contribution is 0.217. The van der Waals surface area contributed by atoms with Gasteiger partial charge < -0.3 is 10.1 Å². The van der Waals surface area contributed by atoms with Crippen LogP contribution in [0.1, 0.15) is 35.6 Å². The zero-order valence-electron chi connectivity index (χ0n) is 12.7. The highest BCUT2D eigenvalue weighted by Gasteiger charge is 2.04. The molecule has 2 rings (SSSR count). The van der Waals surface area contributed by atoms with Crippen LogP contribution in [0.25, 0.3) is 0 Å². The lowest BCUT2D eigenvalue weighted by Crippen LogP contribution is -2.09. The summed E-state index contributed by atoms with van der Waals surface area (Å²) in [7, 11) is 0. The standard InChI is InChI=1S/C17H23NOS/c1-5-12(2)19-17-8-6-7-16(10-17)18-11-15-9-13(3)20-14(15)4/h6-10,12,18H,5,11H2,1-4H3. The number of nitrogens with one attached hydrogen (secondary N) is 1. The number of aryl methyl sites for hydroxylation is 2. The zero-order valence-corrected chi connectivity index (χ0v) is 13.5. The highest BCUT2D eigenvalue weighted by atomic mass is 32.1. The van der Waals surface area contributed by atoms with Crippen LogP contribution in [0.3, 0.4) is 0 Å². The fourth-order valence-corrected chi connectivity index (χ4v) is 3.00. The molecule has 1 heterocycles. The second-order valence-electron chi connectivity index (χ2n) is 5.16. The largest absolute Gasteiger partial charge is 0.491 e. The topological polar surface area (TPSA) is 21.3 Å². The summed E-state index contributed by atoms with van der Waals surface area (Å²) < 4.78 is 5.85. The van der Waals surface area contributed by atoms with E-state index in [-0.39, 0.29) is 6.10 Å². The third kappa shape index (κ3) is 4.01. The molecule has 0 bridgehead atoms. The molecule has 20 heavy (non-hydrogen) atoms. The molecule has 1 atom stereocenters. The summed E-state index contributed by atoms with van der Waals surface area (Å²) in [5.41, 5.74) is 2.48. The molecular formula is C17H23NOS. The van der Waals surface area contributed by atoms with Crippen molar-refractivity contribution in [1.29, 1.82) is 0 Å². The Morgan fingerprint density at radius 3 is 2.70 bits per heavy atom. The van der Waals surface area contributed by atoms with E-state index in [1.807, 2.05) is 23.5 Å². The molecule has 0 spiro atoms. The number of ether oxygens (including phenoxy) is 1. The second-order valence-corrected chi connectivity index (χ2v) is 6.62. The van der Waals surface area contributed by atoms with Crippen molar-refractivity contribution in [2.75, 3.05) is 5.32 Å². The lowest BCUT2D eigenvalue weighted by atomic mass is 10.2. The molecule has 0 amide bonds. The van der Waals surface area contributed by atoms with E-state index < -0.39 is 0 Å². The number of anilines is 1. The smallest absolute Gasteiger partial charge is 0.121 e. The molecule has 1 N–H and O–H groups in total. The van der Waals surface area contributed by atoms with Gasteiger partial charge >= 0.3 is 0 Å². The Bertz CT molecular complexity index is 562. The molecule has 0 aliphatic heterocycles. The number of benzene rings is 1. The Morgan fingerprint density at radius 1 is 1.25 bits per heavy atom. The van der Waals surface area contributed by atoms with E-state index in [4.69, 9.17) is 4.74 Å². The first-order valence-electron chi connectivity index (χ1n) is 7.15. The van der Waals surface area contributed by atoms with Gasteiger partial charge in [0.05, 0.1) is 6.10 Å². The Labute approximate surface area is 125 Å². The highest BCUT2D eigenvalue weighted by Crippen LogP contribution is 2.23. The van der Waals surface area contributed by atoms with Crippen molar-refractivity contribution in [3.8, 4) is 5.75 Å². The van der Waals surface area contributed by atoms with Crippen LogP contribution in [0.15, 0.2) is 30.3 Å². The summed E-state index contributed by atoms with van der Waals surface area (Å²) in [4.78, 5) is 2.76. The van der Waals surface area contributed by atoms with E-state index in [0.29, 0.717) is 0 Å². The van der Waals surface area contributed by atoms with Crippen LogP contribution in [-0.2, 0) is 6.54 Å². The third-order valence-electron chi connectivity index (χ3n) is 3.37. The Morgan fingerprint density at radius 2 is 2.05 bits per heavy atom. The first kappa shape index (κ1) is 14.9. The zero-order chi connectivity index (χ0) is 14.5. The quantitative estimate of drug-likeness (QED) is 0.793. The second kappa shape index (κ2) is 6.80. The Kier molecular flexibility index (Phi) is 5.07. The van der Waals surface area contributed by atoms with Gasteiger partial charge in [0.2, 0.25) is 0 Å². The summed E-state index contributed by atoms with van der Waals surface area (Å²) >= 11 is 1.85. The summed E-state index contributed by atoms with van der Waals surface area (Å²) in [6, 6.07) is 10.5. The third-order valence-corrected chi connectivity index (χ3v) is 4.38. The lowest BCUT2D eigenvalue weighted by Gasteiger charge is -2.14. The van der Waals surface area contributed by atoms with Gasteiger partial charge in [0, 0.05) is 28.1 Å². The number of hydrogen-bond donors (Lipinski definition) is 1. The van der Waals surface area contributed by atoms with Gasteiger partial charge in [-0.15, -0.1) is 11.3 Å². The molecule has 0 fully saturated rings. The molecule has 1 aromatic carbocycles. The number of hydrogen-bond acceptors (Lipinski definition) is 3. The van der Waals surface area contributed by atoms with Crippen LogP contribution in [0.2, 0.25) is 0 Å². The first-order valence-corrected chi connectivity index (χ1v) is 7.96. The van der Waals surface area contributed by atoms with E-state index in [9.17, 15) is 0 Å². The average Bonchev–Trinajstić information content (AvgIpc) is 2.75. The molecule has 2 aromatic rings. The average molecular weight is 289 g/mol. The van der Waals surface area contributed by atoms with Gasteiger partial charge in [-0.2, -0.15) is 0 Å². The molecule has 0 saturated carbocycles. The fraction of sp³-hybridized carbons (Fsp3) is 0.412. The van der Waals surface area contributed by atoms with Crippen LogP contribution < -0.4 is 10.1 Å². The Hall–Kier alpha value is -1.48. The van der Waals surface area contributed by atoms with Crippen molar-refractivity contribution in [3.63, 3.8) is 0 Å². The maximum absolute atomic E-state index is 5.85. The van der Waals surface area contributed by atoms with Gasteiger partial charge in [-0.05, 0) is 51.0 Å². The number of rotatable bonds is 6. The van der Waals surface area contributed by atoms with Crippen molar-refractivity contribution in [3.05, 3.63) is 45.6 Å². The molecular weight excluding hydrogens is 266 g/mol. The minimum Gasteiger partial charge on any atom is -0.491 e. The van der Waals surface area contributed by atoms with Crippen LogP contribution >= 0.6 is 11.3 Å². The van der Waals surface area contributed by atoms with Crippen molar-refractivity contribution < 1.29 is 4.74 Å². The first-order chi connectivity index (χ1) is 9.58. The highest BCUT2D eigenvalue weighted by molar-refractivity contribution is 7.12. The molecule has 0 aliphatic rings. The Balaban J connectivity index is 1.99. The minimum atomic E-state index is 0.256. The van der Waals surface area contributed by atoms with Gasteiger partial charge in [-0.25, -0.2) is 0 Å². The normalized spacial score (nSPS) is 12.2. The van der Waals surface area contributed by atoms with E-state index in [1.54, 1.807) is 0 Å². The van der Waals surface area contributed by atoms with E-state index in [1.165, 1.54) is 15.3 Å². The fourth-order valence-electron chi connectivity index (χ4n) is 2.05. The van der Waals surface area contributed by atoms with Crippen molar-refractivity contribution in [2.24, 2.45) is 0 Å². The van der Waals surface area contributed by atoms with Crippen molar-refractivity contribution >= 4 is 17.0 Å². The van der Waals surface area contributed by atoms with Crippen molar-refractivity contribution in [1.82, 2.24) is 0 Å². The van der Waals surface area contributed by atoms with Gasteiger partial charge in [-0.3, -0.25) is 0 Å². The van der Waals surface area contributed by atoms with Crippen LogP contribution in [0.4, 0.5) is 5.69 Å². The molecule has 3 heteroatoms. The maximum Gasteiger partial charge on any atom is 0.121 e. The predicted octanol–water partition coefficient (Wildman–Crippen LogP) is 5.15. The SMILES string of the molecule is CCC(C)Oc1cccc(NCc2cc(C)sc2C)c1. The molecule has 108 valence electrons. The summed E-state index contributed by atoms with van der Waals surface area (Å²) in [5, 5.41) is 3.47. The van der Waals surface area contributed by atoms with E-state index in [0.717, 1.165) is 24.4 Å². The van der Waals surface area contributed by atoms with E-state index >= 15 is 0 Å². The molecule has 1 aromatic heterocycles. The van der Waals surface area contributed by atoms with Crippen molar-refractivity contribution in [2.45, 2.75) is 46.8 Å². The van der Waals surface area contributed by atoms with Gasteiger partial charge in [0.1, 0.15) is 5.75 Å². The summed E-state index contributed by atoms with van der Waals surface area (Å²) in [6.07, 6.45) is 1.28. The van der Waals surface area contributed by atoms with E-state index in [2.05, 4.69) is 51.2 Å².